The molecule has 0 bridgehead atoms. The number of thiazole rings is 1. The molecule has 0 aliphatic carbocycles. The number of hydrogen-bond acceptors (Lipinski definition) is 5. The Labute approximate surface area is 120 Å². The first-order chi connectivity index (χ1) is 9.17. The van der Waals surface area contributed by atoms with Gasteiger partial charge < -0.3 is 5.32 Å². The van der Waals surface area contributed by atoms with Crippen LogP contribution in [0.1, 0.15) is 31.3 Å². The molecule has 0 spiro atoms. The zero-order valence-electron chi connectivity index (χ0n) is 10.8. The van der Waals surface area contributed by atoms with Crippen LogP contribution in [0.3, 0.4) is 0 Å². The highest BCUT2D eigenvalue weighted by Gasteiger charge is 2.15. The summed E-state index contributed by atoms with van der Waals surface area (Å²) in [5, 5.41) is 10.4. The van der Waals surface area contributed by atoms with Crippen molar-refractivity contribution in [2.75, 3.05) is 5.32 Å². The van der Waals surface area contributed by atoms with Crippen molar-refractivity contribution in [3.05, 3.63) is 38.2 Å². The van der Waals surface area contributed by atoms with Gasteiger partial charge in [0.05, 0.1) is 17.9 Å². The number of hydrogen-bond donors (Lipinski definition) is 1. The Kier molecular flexibility index (Phi) is 4.55. The molecule has 0 radical (unpaired) electrons. The highest BCUT2D eigenvalue weighted by Crippen LogP contribution is 2.26. The second-order valence-electron chi connectivity index (χ2n) is 3.97. The molecule has 0 aromatic carbocycles. The van der Waals surface area contributed by atoms with Crippen molar-refractivity contribution >= 4 is 28.6 Å². The van der Waals surface area contributed by atoms with E-state index < -0.39 is 0 Å². The Morgan fingerprint density at radius 1 is 1.53 bits per heavy atom. The van der Waals surface area contributed by atoms with E-state index in [2.05, 4.69) is 15.4 Å². The smallest absolute Gasteiger partial charge is 0.287 e. The summed E-state index contributed by atoms with van der Waals surface area (Å²) in [5.74, 6) is 0. The summed E-state index contributed by atoms with van der Waals surface area (Å²) >= 11 is 7.66. The standard InChI is InChI=1S/C12H15ClN4OS/c1-3-8(11-14-5-6-19-11)16-9-7-15-17(4-2)12(18)10(9)13/h5-8,16H,3-4H2,1-2H3. The molecule has 0 aliphatic rings. The molecule has 2 rings (SSSR count). The van der Waals surface area contributed by atoms with E-state index >= 15 is 0 Å². The third kappa shape index (κ3) is 2.96. The summed E-state index contributed by atoms with van der Waals surface area (Å²) in [7, 11) is 0. The van der Waals surface area contributed by atoms with E-state index in [1.54, 1.807) is 23.7 Å². The molecule has 1 atom stereocenters. The fourth-order valence-corrected chi connectivity index (χ4v) is 2.70. The minimum atomic E-state index is -0.275. The molecule has 1 N–H and O–H groups in total. The van der Waals surface area contributed by atoms with Gasteiger partial charge in [-0.15, -0.1) is 11.3 Å². The Morgan fingerprint density at radius 3 is 2.89 bits per heavy atom. The Bertz CT molecular complexity index is 596. The summed E-state index contributed by atoms with van der Waals surface area (Å²) < 4.78 is 1.33. The normalized spacial score (nSPS) is 12.4. The van der Waals surface area contributed by atoms with Crippen molar-refractivity contribution in [2.24, 2.45) is 0 Å². The number of nitrogens with one attached hydrogen (secondary N) is 1. The van der Waals surface area contributed by atoms with E-state index in [1.165, 1.54) is 4.68 Å². The lowest BCUT2D eigenvalue weighted by Crippen LogP contribution is -2.24. The first kappa shape index (κ1) is 14.0. The van der Waals surface area contributed by atoms with Crippen LogP contribution in [0.25, 0.3) is 0 Å². The molecule has 0 amide bonds. The summed E-state index contributed by atoms with van der Waals surface area (Å²) in [6.45, 7) is 4.40. The average molecular weight is 299 g/mol. The molecule has 7 heteroatoms. The molecule has 0 saturated carbocycles. The average Bonchev–Trinajstić information content (AvgIpc) is 2.94. The van der Waals surface area contributed by atoms with Gasteiger partial charge in [-0.25, -0.2) is 9.67 Å². The van der Waals surface area contributed by atoms with Gasteiger partial charge >= 0.3 is 0 Å². The van der Waals surface area contributed by atoms with Crippen LogP contribution in [0, 0.1) is 0 Å². The van der Waals surface area contributed by atoms with Gasteiger partial charge in [0, 0.05) is 18.1 Å². The van der Waals surface area contributed by atoms with Crippen LogP contribution in [0.2, 0.25) is 5.02 Å². The summed E-state index contributed by atoms with van der Waals surface area (Å²) in [5.41, 5.74) is 0.279. The molecule has 19 heavy (non-hydrogen) atoms. The van der Waals surface area contributed by atoms with Crippen molar-refractivity contribution in [1.82, 2.24) is 14.8 Å². The van der Waals surface area contributed by atoms with Gasteiger partial charge in [-0.2, -0.15) is 5.10 Å². The molecular weight excluding hydrogens is 284 g/mol. The van der Waals surface area contributed by atoms with Gasteiger partial charge in [0.1, 0.15) is 10.0 Å². The molecule has 5 nitrogen and oxygen atoms in total. The highest BCUT2D eigenvalue weighted by atomic mass is 35.5. The van der Waals surface area contributed by atoms with Crippen LogP contribution >= 0.6 is 22.9 Å². The van der Waals surface area contributed by atoms with Crippen molar-refractivity contribution in [1.29, 1.82) is 0 Å². The van der Waals surface area contributed by atoms with Gasteiger partial charge in [-0.05, 0) is 13.3 Å². The predicted octanol–water partition coefficient (Wildman–Crippen LogP) is 2.94. The zero-order chi connectivity index (χ0) is 13.8. The number of aromatic nitrogens is 3. The molecule has 2 aromatic rings. The fourth-order valence-electron chi connectivity index (χ4n) is 1.72. The van der Waals surface area contributed by atoms with Gasteiger partial charge in [0.15, 0.2) is 0 Å². The predicted molar refractivity (Wildman–Crippen MR) is 77.9 cm³/mol. The van der Waals surface area contributed by atoms with Crippen molar-refractivity contribution in [3.63, 3.8) is 0 Å². The van der Waals surface area contributed by atoms with E-state index in [-0.39, 0.29) is 16.6 Å². The SMILES string of the molecule is CCC(Nc1cnn(CC)c(=O)c1Cl)c1nccs1. The molecule has 2 heterocycles. The molecule has 2 aromatic heterocycles. The minimum Gasteiger partial charge on any atom is -0.373 e. The fraction of sp³-hybridized carbons (Fsp3) is 0.417. The second-order valence-corrected chi connectivity index (χ2v) is 5.27. The Hall–Kier alpha value is -1.40. The summed E-state index contributed by atoms with van der Waals surface area (Å²) in [6, 6.07) is 0.0381. The van der Waals surface area contributed by atoms with Crippen LogP contribution in [0.15, 0.2) is 22.6 Å². The molecule has 102 valence electrons. The first-order valence-electron chi connectivity index (χ1n) is 6.08. The van der Waals surface area contributed by atoms with Gasteiger partial charge in [-0.1, -0.05) is 18.5 Å². The molecule has 0 fully saturated rings. The lowest BCUT2D eigenvalue weighted by atomic mass is 10.2. The van der Waals surface area contributed by atoms with E-state index in [0.717, 1.165) is 11.4 Å². The van der Waals surface area contributed by atoms with Crippen LogP contribution < -0.4 is 10.9 Å². The maximum absolute atomic E-state index is 11.9. The quantitative estimate of drug-likeness (QED) is 0.922. The van der Waals surface area contributed by atoms with E-state index in [9.17, 15) is 4.79 Å². The maximum atomic E-state index is 11.9. The lowest BCUT2D eigenvalue weighted by molar-refractivity contribution is 0.614. The molecule has 0 saturated heterocycles. The minimum absolute atomic E-state index is 0.0381. The number of anilines is 1. The summed E-state index contributed by atoms with van der Waals surface area (Å²) in [4.78, 5) is 16.2. The van der Waals surface area contributed by atoms with Gasteiger partial charge in [-0.3, -0.25) is 4.79 Å². The van der Waals surface area contributed by atoms with Gasteiger partial charge in [0.2, 0.25) is 0 Å². The third-order valence-electron chi connectivity index (χ3n) is 2.77. The van der Waals surface area contributed by atoms with Crippen LogP contribution in [-0.2, 0) is 6.54 Å². The summed E-state index contributed by atoms with van der Waals surface area (Å²) in [6.07, 6.45) is 4.20. The Balaban J connectivity index is 2.28. The first-order valence-corrected chi connectivity index (χ1v) is 7.34. The van der Waals surface area contributed by atoms with Crippen molar-refractivity contribution in [2.45, 2.75) is 32.9 Å². The van der Waals surface area contributed by atoms with E-state index in [4.69, 9.17) is 11.6 Å². The number of aryl methyl sites for hydroxylation is 1. The van der Waals surface area contributed by atoms with Crippen LogP contribution in [0.4, 0.5) is 5.69 Å². The number of nitrogens with zero attached hydrogens (tertiary/aromatic N) is 3. The third-order valence-corrected chi connectivity index (χ3v) is 4.03. The largest absolute Gasteiger partial charge is 0.373 e. The maximum Gasteiger partial charge on any atom is 0.287 e. The lowest BCUT2D eigenvalue weighted by Gasteiger charge is -2.16. The number of rotatable bonds is 5. The van der Waals surface area contributed by atoms with Crippen LogP contribution in [0.5, 0.6) is 0 Å². The molecular formula is C12H15ClN4OS. The highest BCUT2D eigenvalue weighted by molar-refractivity contribution is 7.09. The molecule has 1 unspecified atom stereocenters. The second kappa shape index (κ2) is 6.16. The monoisotopic (exact) mass is 298 g/mol. The van der Waals surface area contributed by atoms with Crippen molar-refractivity contribution in [3.8, 4) is 0 Å². The van der Waals surface area contributed by atoms with Gasteiger partial charge in [0.25, 0.3) is 5.56 Å². The number of halogens is 1. The zero-order valence-corrected chi connectivity index (χ0v) is 12.3. The van der Waals surface area contributed by atoms with Crippen molar-refractivity contribution < 1.29 is 0 Å². The topological polar surface area (TPSA) is 59.8 Å². The Morgan fingerprint density at radius 2 is 2.32 bits per heavy atom. The van der Waals surface area contributed by atoms with E-state index in [0.29, 0.717) is 12.2 Å². The van der Waals surface area contributed by atoms with Crippen LogP contribution in [-0.4, -0.2) is 14.8 Å². The van der Waals surface area contributed by atoms with E-state index in [1.807, 2.05) is 19.2 Å². The molecule has 0 aliphatic heterocycles.